The smallest absolute Gasteiger partial charge is 0.461 e. The van der Waals surface area contributed by atoms with Crippen molar-refractivity contribution in [3.63, 3.8) is 0 Å². The second-order valence-corrected chi connectivity index (χ2v) is 4.47. The highest BCUT2D eigenvalue weighted by atomic mass is 16.4. The average Bonchev–Trinajstić information content (AvgIpc) is 2.26. The highest BCUT2D eigenvalue weighted by Gasteiger charge is 2.41. The summed E-state index contributed by atoms with van der Waals surface area (Å²) in [6, 6.07) is 0. The molecule has 0 aromatic heterocycles. The van der Waals surface area contributed by atoms with Crippen LogP contribution < -0.4 is 5.11 Å². The van der Waals surface area contributed by atoms with E-state index in [4.69, 9.17) is 5.11 Å². The monoisotopic (exact) mass is 247 g/mol. The molecule has 1 atom stereocenters. The molecule has 17 heavy (non-hydrogen) atoms. The first kappa shape index (κ1) is 15.7. The van der Waals surface area contributed by atoms with Gasteiger partial charge in [-0.05, 0) is 6.42 Å². The lowest BCUT2D eigenvalue weighted by molar-refractivity contribution is -0.476. The average molecular weight is 247 g/mol. The third-order valence-electron chi connectivity index (χ3n) is 2.37. The van der Waals surface area contributed by atoms with Gasteiger partial charge in [-0.1, -0.05) is 13.8 Å². The number of hydrogen-bond donors (Lipinski definition) is 2. The minimum atomic E-state index is -1.62. The van der Waals surface area contributed by atoms with Crippen molar-refractivity contribution in [1.82, 2.24) is 0 Å². The largest absolute Gasteiger partial charge is 0.550 e. The molecule has 0 fully saturated rings. The highest BCUT2D eigenvalue weighted by molar-refractivity contribution is 5.73. The first-order chi connectivity index (χ1) is 7.72. The van der Waals surface area contributed by atoms with E-state index in [0.717, 1.165) is 0 Å². The number of aliphatic hydroxyl groups is 2. The van der Waals surface area contributed by atoms with Gasteiger partial charge < -0.3 is 20.1 Å². The number of nitroso groups, excluding NO2 is 1. The second kappa shape index (κ2) is 6.41. The molecule has 7 heteroatoms. The SMILES string of the molecule is CC(C)(CO)C(O)C(=O)[N+](=O)CCCC(=O)[O-]. The summed E-state index contributed by atoms with van der Waals surface area (Å²) in [6.07, 6.45) is -1.98. The van der Waals surface area contributed by atoms with Gasteiger partial charge in [-0.2, -0.15) is 0 Å². The molecular formula is C10H17NO6. The third-order valence-corrected chi connectivity index (χ3v) is 2.37. The van der Waals surface area contributed by atoms with Gasteiger partial charge in [0.25, 0.3) is 0 Å². The molecule has 0 spiro atoms. The molecule has 98 valence electrons. The second-order valence-electron chi connectivity index (χ2n) is 4.47. The quantitative estimate of drug-likeness (QED) is 0.512. The number of hydrogen-bond acceptors (Lipinski definition) is 6. The van der Waals surface area contributed by atoms with Gasteiger partial charge >= 0.3 is 5.91 Å². The van der Waals surface area contributed by atoms with E-state index < -0.39 is 30.0 Å². The van der Waals surface area contributed by atoms with Crippen LogP contribution in [0.15, 0.2) is 0 Å². The lowest BCUT2D eigenvalue weighted by Gasteiger charge is -2.23. The van der Waals surface area contributed by atoms with Gasteiger partial charge in [-0.25, -0.2) is 4.79 Å². The molecule has 0 rings (SSSR count). The van der Waals surface area contributed by atoms with Crippen molar-refractivity contribution in [2.45, 2.75) is 32.8 Å². The maximum absolute atomic E-state index is 11.4. The fraction of sp³-hybridized carbons (Fsp3) is 0.800. The maximum atomic E-state index is 11.4. The Labute approximate surface area is 98.6 Å². The van der Waals surface area contributed by atoms with E-state index in [0.29, 0.717) is 0 Å². The van der Waals surface area contributed by atoms with Gasteiger partial charge in [0.2, 0.25) is 6.54 Å². The molecular weight excluding hydrogens is 230 g/mol. The number of aliphatic carboxylic acids is 1. The normalized spacial score (nSPS) is 13.2. The Morgan fingerprint density at radius 2 is 1.94 bits per heavy atom. The number of amides is 1. The molecule has 0 heterocycles. The summed E-state index contributed by atoms with van der Waals surface area (Å²) in [4.78, 5) is 32.7. The lowest BCUT2D eigenvalue weighted by Crippen LogP contribution is -2.43. The van der Waals surface area contributed by atoms with Gasteiger partial charge in [0.1, 0.15) is 0 Å². The van der Waals surface area contributed by atoms with Crippen LogP contribution in [-0.4, -0.2) is 46.1 Å². The number of carboxylic acid groups (broad SMARTS) is 1. The number of rotatable bonds is 7. The molecule has 0 aromatic rings. The molecule has 0 bridgehead atoms. The van der Waals surface area contributed by atoms with E-state index in [-0.39, 0.29) is 24.1 Å². The Bertz CT molecular complexity index is 312. The zero-order valence-corrected chi connectivity index (χ0v) is 9.88. The first-order valence-electron chi connectivity index (χ1n) is 5.19. The summed E-state index contributed by atoms with van der Waals surface area (Å²) in [6.45, 7) is 2.09. The molecule has 0 aliphatic rings. The highest BCUT2D eigenvalue weighted by Crippen LogP contribution is 2.20. The van der Waals surface area contributed by atoms with E-state index in [2.05, 4.69) is 0 Å². The van der Waals surface area contributed by atoms with Gasteiger partial charge in [0.05, 0.1) is 11.4 Å². The van der Waals surface area contributed by atoms with Crippen LogP contribution in [0.4, 0.5) is 0 Å². The van der Waals surface area contributed by atoms with Crippen molar-refractivity contribution in [3.05, 3.63) is 4.91 Å². The molecule has 0 radical (unpaired) electrons. The zero-order valence-electron chi connectivity index (χ0n) is 9.88. The van der Waals surface area contributed by atoms with E-state index in [1.54, 1.807) is 0 Å². The van der Waals surface area contributed by atoms with E-state index in [1.807, 2.05) is 0 Å². The molecule has 2 N–H and O–H groups in total. The fourth-order valence-corrected chi connectivity index (χ4v) is 1.03. The summed E-state index contributed by atoms with van der Waals surface area (Å²) in [7, 11) is 0. The summed E-state index contributed by atoms with van der Waals surface area (Å²) >= 11 is 0. The summed E-state index contributed by atoms with van der Waals surface area (Å²) < 4.78 is 0.00498. The lowest BCUT2D eigenvalue weighted by atomic mass is 9.87. The molecule has 0 aliphatic carbocycles. The molecule has 0 aromatic carbocycles. The van der Waals surface area contributed by atoms with Crippen LogP contribution in [0.25, 0.3) is 0 Å². The third kappa shape index (κ3) is 5.01. The van der Waals surface area contributed by atoms with Crippen LogP contribution in [0, 0.1) is 10.3 Å². The van der Waals surface area contributed by atoms with E-state index in [1.165, 1.54) is 13.8 Å². The zero-order chi connectivity index (χ0) is 13.6. The molecule has 1 amide bonds. The molecule has 1 unspecified atom stereocenters. The van der Waals surface area contributed by atoms with Crippen LogP contribution >= 0.6 is 0 Å². The first-order valence-corrected chi connectivity index (χ1v) is 5.19. The van der Waals surface area contributed by atoms with Crippen molar-refractivity contribution in [2.24, 2.45) is 5.41 Å². The van der Waals surface area contributed by atoms with E-state index in [9.17, 15) is 24.7 Å². The standard InChI is InChI=1S/C10H17NO6/c1-10(2,6-12)8(15)9(16)11(17)5-3-4-7(13)14/h8,12,15H,3-6H2,1-2H3. The minimum Gasteiger partial charge on any atom is -0.550 e. The Balaban J connectivity index is 4.31. The molecule has 0 aliphatic heterocycles. The van der Waals surface area contributed by atoms with Crippen LogP contribution in [0.3, 0.4) is 0 Å². The Morgan fingerprint density at radius 3 is 2.35 bits per heavy atom. The molecule has 0 saturated heterocycles. The Morgan fingerprint density at radius 1 is 1.41 bits per heavy atom. The Hall–Kier alpha value is -1.34. The summed E-state index contributed by atoms with van der Waals surface area (Å²) in [5.74, 6) is -2.38. The van der Waals surface area contributed by atoms with Crippen LogP contribution in [0.5, 0.6) is 0 Å². The summed E-state index contributed by atoms with van der Waals surface area (Å²) in [5.41, 5.74) is -1.12. The predicted molar refractivity (Wildman–Crippen MR) is 54.6 cm³/mol. The molecule has 0 saturated carbocycles. The fourth-order valence-electron chi connectivity index (χ4n) is 1.03. The van der Waals surface area contributed by atoms with Gasteiger partial charge in [-0.3, -0.25) is 0 Å². The molecule has 7 nitrogen and oxygen atoms in total. The topological polar surface area (TPSA) is 118 Å². The van der Waals surface area contributed by atoms with Crippen molar-refractivity contribution in [3.8, 4) is 0 Å². The maximum Gasteiger partial charge on any atom is 0.461 e. The minimum absolute atomic E-state index is 0.00498. The number of carbonyl (C=O) groups is 2. The van der Waals surface area contributed by atoms with Crippen molar-refractivity contribution >= 4 is 11.9 Å². The number of carboxylic acids is 1. The van der Waals surface area contributed by atoms with Gasteiger partial charge in [0.15, 0.2) is 6.10 Å². The Kier molecular flexibility index (Phi) is 5.90. The van der Waals surface area contributed by atoms with Crippen molar-refractivity contribution in [2.75, 3.05) is 13.2 Å². The number of carbonyl (C=O) groups excluding carboxylic acids is 2. The van der Waals surface area contributed by atoms with Crippen LogP contribution in [0.1, 0.15) is 26.7 Å². The van der Waals surface area contributed by atoms with Crippen LogP contribution in [0.2, 0.25) is 0 Å². The van der Waals surface area contributed by atoms with Crippen molar-refractivity contribution < 1.29 is 29.7 Å². The number of aliphatic hydroxyl groups excluding tert-OH is 2. The summed E-state index contributed by atoms with van der Waals surface area (Å²) in [5, 5.41) is 28.6. The van der Waals surface area contributed by atoms with Gasteiger partial charge in [0, 0.05) is 22.7 Å². The van der Waals surface area contributed by atoms with Crippen molar-refractivity contribution in [1.29, 1.82) is 0 Å². The number of nitrogens with zero attached hydrogens (tertiary/aromatic N) is 1. The predicted octanol–water partition coefficient (Wildman–Crippen LogP) is -1.80. The van der Waals surface area contributed by atoms with E-state index >= 15 is 0 Å². The van der Waals surface area contributed by atoms with Crippen LogP contribution in [-0.2, 0) is 9.59 Å². The van der Waals surface area contributed by atoms with Gasteiger partial charge in [-0.15, -0.1) is 0 Å².